The van der Waals surface area contributed by atoms with Gasteiger partial charge in [-0.05, 0) is 24.3 Å². The highest BCUT2D eigenvalue weighted by Gasteiger charge is 2.14. The summed E-state index contributed by atoms with van der Waals surface area (Å²) in [5.41, 5.74) is -0.0769. The number of rotatable bonds is 3. The van der Waals surface area contributed by atoms with E-state index in [2.05, 4.69) is 21.2 Å². The lowest BCUT2D eigenvalue weighted by Gasteiger charge is -2.06. The third kappa shape index (κ3) is 3.18. The van der Waals surface area contributed by atoms with E-state index in [0.717, 1.165) is 6.07 Å². The van der Waals surface area contributed by atoms with Crippen LogP contribution in [0.25, 0.3) is 0 Å². The minimum atomic E-state index is -0.677. The molecule has 0 saturated heterocycles. The van der Waals surface area contributed by atoms with Gasteiger partial charge in [-0.3, -0.25) is 14.9 Å². The summed E-state index contributed by atoms with van der Waals surface area (Å²) >= 11 is 3.14. The van der Waals surface area contributed by atoms with Crippen molar-refractivity contribution >= 4 is 33.2 Å². The first kappa shape index (κ1) is 14.1. The molecule has 1 N–H and O–H groups in total. The number of amides is 1. The number of nitrogens with zero attached hydrogens (tertiary/aromatic N) is 1. The van der Waals surface area contributed by atoms with E-state index in [0.29, 0.717) is 4.47 Å². The van der Waals surface area contributed by atoms with Crippen LogP contribution in [0.3, 0.4) is 0 Å². The number of non-ortho nitro benzene ring substituents is 1. The molecule has 0 aliphatic carbocycles. The maximum absolute atomic E-state index is 13.5. The quantitative estimate of drug-likeness (QED) is 0.684. The van der Waals surface area contributed by atoms with Gasteiger partial charge in [-0.15, -0.1) is 0 Å². The summed E-state index contributed by atoms with van der Waals surface area (Å²) < 4.78 is 14.1. The van der Waals surface area contributed by atoms with Crippen LogP contribution >= 0.6 is 15.9 Å². The fraction of sp³-hybridized carbons (Fsp3) is 0. The molecule has 5 nitrogen and oxygen atoms in total. The summed E-state index contributed by atoms with van der Waals surface area (Å²) in [6.45, 7) is 0. The predicted molar refractivity (Wildman–Crippen MR) is 75.1 cm³/mol. The van der Waals surface area contributed by atoms with Crippen LogP contribution in [0.2, 0.25) is 0 Å². The zero-order valence-corrected chi connectivity index (χ0v) is 11.6. The number of hydrogen-bond donors (Lipinski definition) is 1. The van der Waals surface area contributed by atoms with Crippen LogP contribution in [0.4, 0.5) is 15.8 Å². The van der Waals surface area contributed by atoms with Crippen molar-refractivity contribution in [1.29, 1.82) is 0 Å². The van der Waals surface area contributed by atoms with Crippen molar-refractivity contribution in [3.8, 4) is 0 Å². The molecule has 0 spiro atoms. The van der Waals surface area contributed by atoms with Gasteiger partial charge in [0.05, 0.1) is 10.5 Å². The van der Waals surface area contributed by atoms with E-state index in [-0.39, 0.29) is 16.9 Å². The van der Waals surface area contributed by atoms with Crippen LogP contribution in [-0.4, -0.2) is 10.8 Å². The summed E-state index contributed by atoms with van der Waals surface area (Å²) in [6.07, 6.45) is 0. The fourth-order valence-electron chi connectivity index (χ4n) is 1.57. The van der Waals surface area contributed by atoms with Crippen molar-refractivity contribution in [3.63, 3.8) is 0 Å². The number of hydrogen-bond acceptors (Lipinski definition) is 3. The fourth-order valence-corrected chi connectivity index (χ4v) is 1.93. The number of anilines is 1. The Balaban J connectivity index is 2.25. The number of nitrogens with one attached hydrogen (secondary N) is 1. The molecule has 2 rings (SSSR count). The molecule has 0 fully saturated rings. The minimum Gasteiger partial charge on any atom is -0.322 e. The molecule has 0 radical (unpaired) electrons. The van der Waals surface area contributed by atoms with E-state index in [4.69, 9.17) is 0 Å². The van der Waals surface area contributed by atoms with Gasteiger partial charge in [0, 0.05) is 22.3 Å². The predicted octanol–water partition coefficient (Wildman–Crippen LogP) is 3.75. The monoisotopic (exact) mass is 338 g/mol. The first-order valence-electron chi connectivity index (χ1n) is 5.48. The summed E-state index contributed by atoms with van der Waals surface area (Å²) in [7, 11) is 0. The largest absolute Gasteiger partial charge is 0.322 e. The highest BCUT2D eigenvalue weighted by molar-refractivity contribution is 9.10. The molecule has 7 heteroatoms. The van der Waals surface area contributed by atoms with Crippen LogP contribution in [0.5, 0.6) is 0 Å². The van der Waals surface area contributed by atoms with Crippen LogP contribution in [0.15, 0.2) is 46.9 Å². The van der Waals surface area contributed by atoms with Gasteiger partial charge in [0.15, 0.2) is 0 Å². The van der Waals surface area contributed by atoms with Crippen LogP contribution in [0.1, 0.15) is 10.4 Å². The first-order valence-corrected chi connectivity index (χ1v) is 6.27. The number of nitro groups is 1. The van der Waals surface area contributed by atoms with E-state index in [1.54, 1.807) is 0 Å². The Morgan fingerprint density at radius 1 is 1.25 bits per heavy atom. The smallest absolute Gasteiger partial charge is 0.271 e. The summed E-state index contributed by atoms with van der Waals surface area (Å²) in [5, 5.41) is 13.1. The van der Waals surface area contributed by atoms with Crippen molar-refractivity contribution in [2.75, 3.05) is 5.32 Å². The van der Waals surface area contributed by atoms with Gasteiger partial charge in [-0.1, -0.05) is 22.0 Å². The molecule has 20 heavy (non-hydrogen) atoms. The maximum Gasteiger partial charge on any atom is 0.271 e. The van der Waals surface area contributed by atoms with Gasteiger partial charge < -0.3 is 5.32 Å². The molecule has 0 aliphatic heterocycles. The number of halogens is 2. The van der Waals surface area contributed by atoms with E-state index in [1.165, 1.54) is 36.4 Å². The van der Waals surface area contributed by atoms with Crippen LogP contribution in [0, 0.1) is 15.9 Å². The Kier molecular flexibility index (Phi) is 4.09. The molecule has 2 aromatic rings. The lowest BCUT2D eigenvalue weighted by molar-refractivity contribution is -0.384. The normalized spacial score (nSPS) is 10.1. The second-order valence-corrected chi connectivity index (χ2v) is 4.80. The maximum atomic E-state index is 13.5. The van der Waals surface area contributed by atoms with E-state index >= 15 is 0 Å². The standard InChI is InChI=1S/C13H8BrFN2O3/c14-8-4-5-12(15)11(6-8)13(18)16-9-2-1-3-10(7-9)17(19)20/h1-7H,(H,16,18). The van der Waals surface area contributed by atoms with Crippen LogP contribution < -0.4 is 5.32 Å². The lowest BCUT2D eigenvalue weighted by atomic mass is 10.2. The molecular formula is C13H8BrFN2O3. The average Bonchev–Trinajstić information content (AvgIpc) is 2.41. The molecule has 1 amide bonds. The third-order valence-electron chi connectivity index (χ3n) is 2.49. The molecule has 2 aromatic carbocycles. The Bertz CT molecular complexity index is 691. The Labute approximate surface area is 121 Å². The Morgan fingerprint density at radius 2 is 2.00 bits per heavy atom. The van der Waals surface area contributed by atoms with Crippen LogP contribution in [-0.2, 0) is 0 Å². The van der Waals surface area contributed by atoms with E-state index in [1.807, 2.05) is 0 Å². The highest BCUT2D eigenvalue weighted by atomic mass is 79.9. The Morgan fingerprint density at radius 3 is 2.70 bits per heavy atom. The van der Waals surface area contributed by atoms with Gasteiger partial charge >= 0.3 is 0 Å². The van der Waals surface area contributed by atoms with E-state index < -0.39 is 16.6 Å². The SMILES string of the molecule is O=C(Nc1cccc([N+](=O)[O-])c1)c1cc(Br)ccc1F. The second kappa shape index (κ2) is 5.79. The number of carbonyl (C=O) groups is 1. The topological polar surface area (TPSA) is 72.2 Å². The summed E-state index contributed by atoms with van der Waals surface area (Å²) in [6, 6.07) is 9.39. The Hall–Kier alpha value is -2.28. The molecule has 102 valence electrons. The van der Waals surface area contributed by atoms with E-state index in [9.17, 15) is 19.3 Å². The molecule has 0 unspecified atom stereocenters. The average molecular weight is 339 g/mol. The first-order chi connectivity index (χ1) is 9.47. The van der Waals surface area contributed by atoms with Crippen molar-refractivity contribution in [2.45, 2.75) is 0 Å². The van der Waals surface area contributed by atoms with Crippen molar-refractivity contribution < 1.29 is 14.1 Å². The third-order valence-corrected chi connectivity index (χ3v) is 2.98. The molecular weight excluding hydrogens is 331 g/mol. The van der Waals surface area contributed by atoms with Gasteiger partial charge in [0.25, 0.3) is 11.6 Å². The molecule has 0 saturated carbocycles. The van der Waals surface area contributed by atoms with Gasteiger partial charge in [0.2, 0.25) is 0 Å². The summed E-state index contributed by atoms with van der Waals surface area (Å²) in [5.74, 6) is -1.35. The van der Waals surface area contributed by atoms with Gasteiger partial charge in [0.1, 0.15) is 5.82 Å². The summed E-state index contributed by atoms with van der Waals surface area (Å²) in [4.78, 5) is 22.0. The van der Waals surface area contributed by atoms with Gasteiger partial charge in [-0.2, -0.15) is 0 Å². The number of carbonyl (C=O) groups excluding carboxylic acids is 1. The van der Waals surface area contributed by atoms with Gasteiger partial charge in [-0.25, -0.2) is 4.39 Å². The molecule has 0 heterocycles. The molecule has 0 aromatic heterocycles. The molecule has 0 aliphatic rings. The second-order valence-electron chi connectivity index (χ2n) is 3.89. The molecule has 0 atom stereocenters. The highest BCUT2D eigenvalue weighted by Crippen LogP contribution is 2.20. The zero-order valence-electron chi connectivity index (χ0n) is 9.97. The minimum absolute atomic E-state index is 0.147. The number of benzene rings is 2. The lowest BCUT2D eigenvalue weighted by Crippen LogP contribution is -2.13. The zero-order chi connectivity index (χ0) is 14.7. The van der Waals surface area contributed by atoms with Crippen molar-refractivity contribution in [1.82, 2.24) is 0 Å². The number of nitro benzene ring substituents is 1. The van der Waals surface area contributed by atoms with Crippen molar-refractivity contribution in [2.24, 2.45) is 0 Å². The van der Waals surface area contributed by atoms with Crippen molar-refractivity contribution in [3.05, 3.63) is 68.4 Å². The molecule has 0 bridgehead atoms.